The Morgan fingerprint density at radius 3 is 2.03 bits per heavy atom. The zero-order valence-electron chi connectivity index (χ0n) is 19.3. The summed E-state index contributed by atoms with van der Waals surface area (Å²) in [6, 6.07) is 21.7. The summed E-state index contributed by atoms with van der Waals surface area (Å²) >= 11 is 0. The lowest BCUT2D eigenvalue weighted by Crippen LogP contribution is -2.03. The maximum absolute atomic E-state index is 4.91. The summed E-state index contributed by atoms with van der Waals surface area (Å²) in [7, 11) is 0. The summed E-state index contributed by atoms with van der Waals surface area (Å²) in [5.74, 6) is 0.732. The van der Waals surface area contributed by atoms with E-state index in [2.05, 4.69) is 103 Å². The van der Waals surface area contributed by atoms with Gasteiger partial charge in [-0.15, -0.1) is 0 Å². The van der Waals surface area contributed by atoms with E-state index in [1.165, 1.54) is 38.3 Å². The molecule has 0 saturated heterocycles. The number of benzene rings is 3. The number of rotatable bonds is 2. The standard InChI is InChI=1S/C30H20N6/c1-2-8-19(9-3-1)35-24-12-6-4-10-20(24)22-14-15-23-21-11-5-7-13-25(21)36(28(23)27(22)35)26-18-33-29-30(34-26)32-17-16-31-29/h1-2,4-8,10-18H,3,9H2. The summed E-state index contributed by atoms with van der Waals surface area (Å²) < 4.78 is 4.68. The molecule has 6 heteroatoms. The molecule has 6 nitrogen and oxygen atoms in total. The minimum atomic E-state index is 0.536. The number of hydrogen-bond donors (Lipinski definition) is 0. The first-order chi connectivity index (χ1) is 17.9. The minimum Gasteiger partial charge on any atom is -0.311 e. The maximum atomic E-state index is 4.91. The Morgan fingerprint density at radius 1 is 0.639 bits per heavy atom. The van der Waals surface area contributed by atoms with Crippen LogP contribution < -0.4 is 0 Å². The van der Waals surface area contributed by atoms with Crippen LogP contribution in [0, 0.1) is 0 Å². The summed E-state index contributed by atoms with van der Waals surface area (Å²) in [5, 5.41) is 4.85. The lowest BCUT2D eigenvalue weighted by atomic mass is 10.1. The lowest BCUT2D eigenvalue weighted by molar-refractivity contribution is 0.978. The molecule has 170 valence electrons. The predicted molar refractivity (Wildman–Crippen MR) is 145 cm³/mol. The number of fused-ring (bicyclic) bond motifs is 8. The highest BCUT2D eigenvalue weighted by Crippen LogP contribution is 2.42. The van der Waals surface area contributed by atoms with E-state index in [-0.39, 0.29) is 0 Å². The van der Waals surface area contributed by atoms with Gasteiger partial charge in [-0.25, -0.2) is 19.9 Å². The molecule has 3 aromatic carbocycles. The van der Waals surface area contributed by atoms with Crippen molar-refractivity contribution in [1.29, 1.82) is 0 Å². The van der Waals surface area contributed by atoms with Gasteiger partial charge in [-0.3, -0.25) is 4.57 Å². The highest BCUT2D eigenvalue weighted by atomic mass is 15.1. The van der Waals surface area contributed by atoms with Crippen molar-refractivity contribution in [2.45, 2.75) is 12.8 Å². The van der Waals surface area contributed by atoms with Gasteiger partial charge in [-0.2, -0.15) is 0 Å². The molecule has 8 rings (SSSR count). The molecule has 0 unspecified atom stereocenters. The third kappa shape index (κ3) is 2.61. The van der Waals surface area contributed by atoms with Gasteiger partial charge in [0.1, 0.15) is 0 Å². The van der Waals surface area contributed by atoms with Crippen LogP contribution in [0.1, 0.15) is 12.8 Å². The summed E-state index contributed by atoms with van der Waals surface area (Å²) in [6.45, 7) is 0. The van der Waals surface area contributed by atoms with Crippen molar-refractivity contribution in [3.63, 3.8) is 0 Å². The number of allylic oxidation sites excluding steroid dienone is 4. The molecule has 0 radical (unpaired) electrons. The van der Waals surface area contributed by atoms with E-state index in [0.29, 0.717) is 11.3 Å². The van der Waals surface area contributed by atoms with Gasteiger partial charge in [0.15, 0.2) is 17.1 Å². The van der Waals surface area contributed by atoms with Crippen LogP contribution in [0.3, 0.4) is 0 Å². The van der Waals surface area contributed by atoms with Crippen LogP contribution in [-0.4, -0.2) is 29.1 Å². The fourth-order valence-electron chi connectivity index (χ4n) is 5.67. The van der Waals surface area contributed by atoms with Crippen molar-refractivity contribution >= 4 is 60.6 Å². The van der Waals surface area contributed by atoms with E-state index in [0.717, 1.165) is 29.7 Å². The molecule has 0 spiro atoms. The molecular weight excluding hydrogens is 444 g/mol. The molecule has 36 heavy (non-hydrogen) atoms. The number of aromatic nitrogens is 6. The fourth-order valence-corrected chi connectivity index (χ4v) is 5.67. The molecule has 4 heterocycles. The second-order valence-electron chi connectivity index (χ2n) is 9.12. The summed E-state index contributed by atoms with van der Waals surface area (Å²) in [6.07, 6.45) is 13.8. The Hall–Kier alpha value is -4.84. The average Bonchev–Trinajstić information content (AvgIpc) is 3.46. The lowest BCUT2D eigenvalue weighted by Gasteiger charge is -2.15. The molecule has 0 N–H and O–H groups in total. The van der Waals surface area contributed by atoms with Gasteiger partial charge in [0.2, 0.25) is 0 Å². The van der Waals surface area contributed by atoms with Gasteiger partial charge in [-0.1, -0.05) is 60.7 Å². The summed E-state index contributed by atoms with van der Waals surface area (Å²) in [5.41, 5.74) is 6.99. The molecule has 4 aromatic heterocycles. The minimum absolute atomic E-state index is 0.536. The van der Waals surface area contributed by atoms with Crippen LogP contribution in [0.4, 0.5) is 0 Å². The van der Waals surface area contributed by atoms with Gasteiger partial charge in [0, 0.05) is 39.6 Å². The predicted octanol–water partition coefficient (Wildman–Crippen LogP) is 6.82. The van der Waals surface area contributed by atoms with Crippen LogP contribution >= 0.6 is 0 Å². The summed E-state index contributed by atoms with van der Waals surface area (Å²) in [4.78, 5) is 18.3. The van der Waals surface area contributed by atoms with Crippen molar-refractivity contribution in [3.05, 3.63) is 97.5 Å². The van der Waals surface area contributed by atoms with Gasteiger partial charge >= 0.3 is 0 Å². The third-order valence-electron chi connectivity index (χ3n) is 7.16. The average molecular weight is 465 g/mol. The SMILES string of the molecule is C1=CCCC(n2c3ccccc3c3ccc4c5ccccc5n(-c5cnc6nccnc6n5)c4c32)=C1. The molecule has 1 aliphatic rings. The first-order valence-corrected chi connectivity index (χ1v) is 12.1. The van der Waals surface area contributed by atoms with E-state index in [9.17, 15) is 0 Å². The van der Waals surface area contributed by atoms with Gasteiger partial charge in [-0.05, 0) is 31.1 Å². The Bertz CT molecular complexity index is 2060. The van der Waals surface area contributed by atoms with Crippen molar-refractivity contribution in [2.75, 3.05) is 0 Å². The van der Waals surface area contributed by atoms with Crippen molar-refractivity contribution in [3.8, 4) is 5.82 Å². The highest BCUT2D eigenvalue weighted by molar-refractivity contribution is 6.24. The largest absolute Gasteiger partial charge is 0.311 e. The van der Waals surface area contributed by atoms with E-state index in [4.69, 9.17) is 4.98 Å². The highest BCUT2D eigenvalue weighted by Gasteiger charge is 2.22. The fraction of sp³-hybridized carbons (Fsp3) is 0.0667. The number of para-hydroxylation sites is 2. The Balaban J connectivity index is 1.62. The Labute approximate surface area is 205 Å². The Morgan fingerprint density at radius 2 is 1.31 bits per heavy atom. The molecular formula is C30H20N6. The normalized spacial score (nSPS) is 13.9. The number of hydrogen-bond acceptors (Lipinski definition) is 4. The first kappa shape index (κ1) is 19.5. The van der Waals surface area contributed by atoms with E-state index in [1.807, 2.05) is 0 Å². The molecule has 7 aromatic rings. The van der Waals surface area contributed by atoms with Crippen LogP contribution in [0.2, 0.25) is 0 Å². The van der Waals surface area contributed by atoms with E-state index >= 15 is 0 Å². The monoisotopic (exact) mass is 464 g/mol. The molecule has 1 aliphatic carbocycles. The molecule has 0 amide bonds. The second-order valence-corrected chi connectivity index (χ2v) is 9.12. The zero-order valence-corrected chi connectivity index (χ0v) is 19.3. The third-order valence-corrected chi connectivity index (χ3v) is 7.16. The van der Waals surface area contributed by atoms with E-state index in [1.54, 1.807) is 18.6 Å². The second kappa shape index (κ2) is 7.33. The quantitative estimate of drug-likeness (QED) is 0.282. The smallest absolute Gasteiger partial charge is 0.199 e. The molecule has 0 atom stereocenters. The van der Waals surface area contributed by atoms with Gasteiger partial charge < -0.3 is 4.57 Å². The maximum Gasteiger partial charge on any atom is 0.199 e. The van der Waals surface area contributed by atoms with Crippen LogP contribution in [0.25, 0.3) is 66.4 Å². The molecule has 0 saturated carbocycles. The van der Waals surface area contributed by atoms with Crippen LogP contribution in [-0.2, 0) is 0 Å². The van der Waals surface area contributed by atoms with Crippen molar-refractivity contribution in [1.82, 2.24) is 29.1 Å². The molecule has 0 fully saturated rings. The van der Waals surface area contributed by atoms with Crippen LogP contribution in [0.5, 0.6) is 0 Å². The van der Waals surface area contributed by atoms with Gasteiger partial charge in [0.25, 0.3) is 0 Å². The van der Waals surface area contributed by atoms with Crippen LogP contribution in [0.15, 0.2) is 97.5 Å². The zero-order chi connectivity index (χ0) is 23.6. The number of nitrogens with zero attached hydrogens (tertiary/aromatic N) is 6. The first-order valence-electron chi connectivity index (χ1n) is 12.1. The topological polar surface area (TPSA) is 61.4 Å². The van der Waals surface area contributed by atoms with E-state index < -0.39 is 0 Å². The molecule has 0 aliphatic heterocycles. The van der Waals surface area contributed by atoms with Crippen molar-refractivity contribution in [2.24, 2.45) is 0 Å². The van der Waals surface area contributed by atoms with Gasteiger partial charge in [0.05, 0.1) is 28.3 Å². The Kier molecular flexibility index (Phi) is 3.96. The van der Waals surface area contributed by atoms with Crippen molar-refractivity contribution < 1.29 is 0 Å². The molecule has 0 bridgehead atoms.